The number of piperazine rings is 1. The number of aromatic nitrogens is 4. The molecule has 0 spiro atoms. The van der Waals surface area contributed by atoms with Gasteiger partial charge in [-0.3, -0.25) is 14.3 Å². The first kappa shape index (κ1) is 30.3. The summed E-state index contributed by atoms with van der Waals surface area (Å²) in [5.41, 5.74) is 2.33. The summed E-state index contributed by atoms with van der Waals surface area (Å²) in [6, 6.07) is 6.16. The van der Waals surface area contributed by atoms with Gasteiger partial charge in [0.05, 0.1) is 34.5 Å². The Bertz CT molecular complexity index is 2060. The summed E-state index contributed by atoms with van der Waals surface area (Å²) in [5.74, 6) is -1.27. The summed E-state index contributed by atoms with van der Waals surface area (Å²) in [6.07, 6.45) is 4.41. The first-order chi connectivity index (χ1) is 21.5. The number of phenolic OH excluding ortho intramolecular Hbond substituents is 1. The molecule has 10 nitrogen and oxygen atoms in total. The Kier molecular flexibility index (Phi) is 7.82. The lowest BCUT2D eigenvalue weighted by atomic mass is 9.99. The van der Waals surface area contributed by atoms with E-state index < -0.39 is 17.3 Å². The average Bonchev–Trinajstić information content (AvgIpc) is 3.47. The Morgan fingerprint density at radius 3 is 2.76 bits per heavy atom. The third-order valence-corrected chi connectivity index (χ3v) is 8.64. The number of carbonyl (C=O) groups is 1. The zero-order valence-corrected chi connectivity index (χ0v) is 26.1. The largest absolute Gasteiger partial charge is 0.505 e. The van der Waals surface area contributed by atoms with Crippen molar-refractivity contribution in [3.8, 4) is 17.0 Å². The Hall–Kier alpha value is -4.77. The number of fused-ring (bicyclic) bond motifs is 2. The molecule has 5 heterocycles. The van der Waals surface area contributed by atoms with Gasteiger partial charge in [0.2, 0.25) is 5.91 Å². The number of anilines is 1. The minimum Gasteiger partial charge on any atom is -0.505 e. The number of amides is 1. The van der Waals surface area contributed by atoms with Crippen LogP contribution < -0.4 is 10.6 Å². The van der Waals surface area contributed by atoms with E-state index in [-0.39, 0.29) is 51.9 Å². The first-order valence-corrected chi connectivity index (χ1v) is 15.0. The van der Waals surface area contributed by atoms with Gasteiger partial charge in [0, 0.05) is 43.0 Å². The van der Waals surface area contributed by atoms with Crippen molar-refractivity contribution in [1.29, 1.82) is 0 Å². The second-order valence-electron chi connectivity index (χ2n) is 11.6. The van der Waals surface area contributed by atoms with Crippen molar-refractivity contribution < 1.29 is 18.7 Å². The molecule has 6 rings (SSSR count). The summed E-state index contributed by atoms with van der Waals surface area (Å²) in [5, 5.41) is 11.4. The number of phenols is 1. The molecule has 1 aromatic carbocycles. The normalized spacial score (nSPS) is 15.4. The molecule has 12 heteroatoms. The highest BCUT2D eigenvalue weighted by atomic mass is 35.5. The van der Waals surface area contributed by atoms with E-state index in [1.54, 1.807) is 23.2 Å². The van der Waals surface area contributed by atoms with Crippen LogP contribution in [-0.2, 0) is 11.3 Å². The standard InChI is InChI=1S/C33H32ClFN6O4/c1-6-25(43)39-10-11-40(19(5)15-39)32-21-14-23(34)29(26-27(35)24(42)13-20-8-12-45-30(20)26)37-31(21)41(33(44)38-32)16-22-18(4)7-9-36-28(22)17(2)3/h6-9,12-14,17,19,42H,1,10-11,15-16H2,2-5H3/t19-/m0/s1. The molecule has 5 aromatic rings. The zero-order chi connectivity index (χ0) is 32.2. The van der Waals surface area contributed by atoms with Gasteiger partial charge in [-0.15, -0.1) is 0 Å². The highest BCUT2D eigenvalue weighted by molar-refractivity contribution is 6.34. The summed E-state index contributed by atoms with van der Waals surface area (Å²) in [6.45, 7) is 12.9. The molecule has 1 N–H and O–H groups in total. The number of aryl methyl sites for hydroxylation is 1. The number of pyridine rings is 2. The number of aromatic hydroxyl groups is 1. The van der Waals surface area contributed by atoms with Crippen LogP contribution in [0.2, 0.25) is 5.02 Å². The summed E-state index contributed by atoms with van der Waals surface area (Å²) < 4.78 is 22.6. The lowest BCUT2D eigenvalue weighted by Gasteiger charge is -2.40. The van der Waals surface area contributed by atoms with Crippen molar-refractivity contribution in [2.45, 2.75) is 46.2 Å². The number of furan rings is 1. The molecule has 1 fully saturated rings. The minimum atomic E-state index is -0.948. The van der Waals surface area contributed by atoms with Gasteiger partial charge in [0.1, 0.15) is 17.0 Å². The van der Waals surface area contributed by atoms with Crippen LogP contribution in [0.15, 0.2) is 58.6 Å². The molecule has 0 radical (unpaired) electrons. The molecule has 1 amide bonds. The molecule has 232 valence electrons. The Balaban J connectivity index is 1.61. The van der Waals surface area contributed by atoms with Gasteiger partial charge >= 0.3 is 5.69 Å². The van der Waals surface area contributed by atoms with E-state index in [1.165, 1.54) is 23.0 Å². The molecule has 0 saturated carbocycles. The smallest absolute Gasteiger partial charge is 0.351 e. The number of hydrogen-bond acceptors (Lipinski definition) is 8. The first-order valence-electron chi connectivity index (χ1n) is 14.6. The number of nitrogens with zero attached hydrogens (tertiary/aromatic N) is 6. The molecule has 0 bridgehead atoms. The topological polar surface area (TPSA) is 118 Å². The van der Waals surface area contributed by atoms with Gasteiger partial charge in [-0.2, -0.15) is 4.98 Å². The molecule has 1 aliphatic rings. The number of hydrogen-bond donors (Lipinski definition) is 1. The predicted octanol–water partition coefficient (Wildman–Crippen LogP) is 5.80. The quantitative estimate of drug-likeness (QED) is 0.234. The van der Waals surface area contributed by atoms with E-state index >= 15 is 4.39 Å². The van der Waals surface area contributed by atoms with E-state index in [0.717, 1.165) is 16.8 Å². The van der Waals surface area contributed by atoms with E-state index in [9.17, 15) is 14.7 Å². The van der Waals surface area contributed by atoms with E-state index in [2.05, 4.69) is 16.5 Å². The maximum absolute atomic E-state index is 15.6. The van der Waals surface area contributed by atoms with Crippen LogP contribution in [0.4, 0.5) is 10.2 Å². The summed E-state index contributed by atoms with van der Waals surface area (Å²) in [7, 11) is 0. The number of halogens is 2. The third kappa shape index (κ3) is 5.20. The second kappa shape index (κ2) is 11.6. The lowest BCUT2D eigenvalue weighted by Crippen LogP contribution is -2.54. The van der Waals surface area contributed by atoms with Gasteiger partial charge in [-0.1, -0.05) is 32.0 Å². The second-order valence-corrected chi connectivity index (χ2v) is 12.0. The van der Waals surface area contributed by atoms with Gasteiger partial charge in [-0.25, -0.2) is 14.2 Å². The van der Waals surface area contributed by atoms with Crippen LogP contribution in [0.3, 0.4) is 0 Å². The molecule has 1 atom stereocenters. The van der Waals surface area contributed by atoms with E-state index in [1.807, 2.05) is 38.7 Å². The van der Waals surface area contributed by atoms with Crippen molar-refractivity contribution in [1.82, 2.24) is 24.4 Å². The van der Waals surface area contributed by atoms with Crippen molar-refractivity contribution >= 4 is 45.3 Å². The molecule has 45 heavy (non-hydrogen) atoms. The Labute approximate surface area is 263 Å². The van der Waals surface area contributed by atoms with Crippen LogP contribution >= 0.6 is 11.6 Å². The van der Waals surface area contributed by atoms with Crippen LogP contribution in [0.1, 0.15) is 43.5 Å². The van der Waals surface area contributed by atoms with Crippen molar-refractivity contribution in [3.63, 3.8) is 0 Å². The van der Waals surface area contributed by atoms with Crippen LogP contribution in [-0.4, -0.2) is 61.1 Å². The van der Waals surface area contributed by atoms with Gasteiger partial charge in [-0.05, 0) is 61.2 Å². The zero-order valence-electron chi connectivity index (χ0n) is 25.3. The van der Waals surface area contributed by atoms with E-state index in [0.29, 0.717) is 36.2 Å². The SMILES string of the molecule is C=CC(=O)N1CCN(c2nc(=O)n(Cc3c(C)ccnc3C(C)C)c3nc(-c4c(F)c(O)cc5ccoc45)c(Cl)cc23)[C@@H](C)C1. The molecule has 4 aromatic heterocycles. The van der Waals surface area contributed by atoms with E-state index in [4.69, 9.17) is 21.0 Å². The van der Waals surface area contributed by atoms with Crippen LogP contribution in [0, 0.1) is 12.7 Å². The molecule has 0 unspecified atom stereocenters. The molecular formula is C33H32ClFN6O4. The van der Waals surface area contributed by atoms with Gasteiger partial charge < -0.3 is 19.3 Å². The fraction of sp³-hybridized carbons (Fsp3) is 0.303. The average molecular weight is 631 g/mol. The fourth-order valence-electron chi connectivity index (χ4n) is 6.05. The van der Waals surface area contributed by atoms with Crippen molar-refractivity contribution in [3.05, 3.63) is 87.5 Å². The molecule has 1 saturated heterocycles. The number of rotatable bonds is 6. The maximum atomic E-state index is 15.6. The third-order valence-electron chi connectivity index (χ3n) is 8.35. The van der Waals surface area contributed by atoms with Crippen molar-refractivity contribution in [2.75, 3.05) is 24.5 Å². The van der Waals surface area contributed by atoms with Gasteiger partial charge in [0.15, 0.2) is 11.6 Å². The highest BCUT2D eigenvalue weighted by Crippen LogP contribution is 2.41. The summed E-state index contributed by atoms with van der Waals surface area (Å²) in [4.78, 5) is 43.9. The number of carbonyl (C=O) groups excluding carboxylic acids is 1. The number of benzene rings is 1. The lowest BCUT2D eigenvalue weighted by molar-refractivity contribution is -0.126. The van der Waals surface area contributed by atoms with Crippen LogP contribution in [0.25, 0.3) is 33.3 Å². The molecule has 0 aliphatic carbocycles. The van der Waals surface area contributed by atoms with Gasteiger partial charge in [0.25, 0.3) is 0 Å². The molecule has 1 aliphatic heterocycles. The van der Waals surface area contributed by atoms with Crippen molar-refractivity contribution in [2.24, 2.45) is 0 Å². The molecular weight excluding hydrogens is 599 g/mol. The fourth-order valence-corrected chi connectivity index (χ4v) is 6.29. The Morgan fingerprint density at radius 2 is 2.04 bits per heavy atom. The minimum absolute atomic E-state index is 0.00394. The summed E-state index contributed by atoms with van der Waals surface area (Å²) >= 11 is 6.84. The maximum Gasteiger partial charge on any atom is 0.351 e. The monoisotopic (exact) mass is 630 g/mol. The van der Waals surface area contributed by atoms with Crippen LogP contribution in [0.5, 0.6) is 5.75 Å². The predicted molar refractivity (Wildman–Crippen MR) is 171 cm³/mol. The highest BCUT2D eigenvalue weighted by Gasteiger charge is 2.30. The Morgan fingerprint density at radius 1 is 1.27 bits per heavy atom.